The molecule has 2 aromatic heterocycles. The summed E-state index contributed by atoms with van der Waals surface area (Å²) in [5, 5.41) is 19.6. The van der Waals surface area contributed by atoms with Crippen LogP contribution in [0.3, 0.4) is 0 Å². The average Bonchev–Trinajstić information content (AvgIpc) is 3.04. The fourth-order valence-corrected chi connectivity index (χ4v) is 3.19. The fraction of sp³-hybridized carbons (Fsp3) is 0. The number of nitrogens with zero attached hydrogens (tertiary/aromatic N) is 2. The first-order valence-corrected chi connectivity index (χ1v) is 7.37. The zero-order valence-electron chi connectivity index (χ0n) is 11.2. The van der Waals surface area contributed by atoms with Gasteiger partial charge in [-0.15, -0.1) is 21.6 Å². The van der Waals surface area contributed by atoms with Crippen LogP contribution in [0.4, 0.5) is 10.7 Å². The van der Waals surface area contributed by atoms with Gasteiger partial charge >= 0.3 is 5.69 Å². The number of nitrogens with one attached hydrogen (secondary N) is 2. The number of benzene rings is 2. The van der Waals surface area contributed by atoms with Gasteiger partial charge in [0, 0.05) is 10.1 Å². The summed E-state index contributed by atoms with van der Waals surface area (Å²) >= 11 is 1.38. The van der Waals surface area contributed by atoms with E-state index >= 15 is 0 Å². The predicted octanol–water partition coefficient (Wildman–Crippen LogP) is 4.19. The third kappa shape index (κ3) is 2.08. The fourth-order valence-electron chi connectivity index (χ4n) is 2.27. The second kappa shape index (κ2) is 4.81. The van der Waals surface area contributed by atoms with Crippen LogP contribution in [0.1, 0.15) is 0 Å². The Morgan fingerprint density at radius 1 is 1.00 bits per heavy atom. The quantitative estimate of drug-likeness (QED) is 0.484. The predicted molar refractivity (Wildman–Crippen MR) is 86.6 cm³/mol. The van der Waals surface area contributed by atoms with E-state index < -0.39 is 0 Å². The molecule has 108 valence electrons. The zero-order valence-corrected chi connectivity index (χ0v) is 12.0. The van der Waals surface area contributed by atoms with Gasteiger partial charge < -0.3 is 15.1 Å². The maximum atomic E-state index is 11.2. The lowest BCUT2D eigenvalue weighted by molar-refractivity contribution is 0.484. The number of aromatic amines is 2. The first kappa shape index (κ1) is 12.8. The SMILES string of the molecule is O=c1[nH]c2ccc(N=Nc3sc4ccccc4c3O)cc2[nH]1. The highest BCUT2D eigenvalue weighted by Gasteiger charge is 2.09. The molecule has 0 radical (unpaired) electrons. The number of rotatable bonds is 2. The Hall–Kier alpha value is -2.93. The van der Waals surface area contributed by atoms with Gasteiger partial charge in [0.05, 0.1) is 16.7 Å². The largest absolute Gasteiger partial charge is 0.504 e. The molecular weight excluding hydrogens is 300 g/mol. The van der Waals surface area contributed by atoms with E-state index in [9.17, 15) is 9.90 Å². The van der Waals surface area contributed by atoms with Gasteiger partial charge in [-0.2, -0.15) is 0 Å². The first-order valence-electron chi connectivity index (χ1n) is 6.55. The van der Waals surface area contributed by atoms with E-state index in [1.165, 1.54) is 11.3 Å². The Balaban J connectivity index is 1.74. The van der Waals surface area contributed by atoms with Crippen molar-refractivity contribution in [3.05, 3.63) is 52.9 Å². The highest BCUT2D eigenvalue weighted by molar-refractivity contribution is 7.23. The van der Waals surface area contributed by atoms with E-state index in [0.717, 1.165) is 10.1 Å². The van der Waals surface area contributed by atoms with Crippen molar-refractivity contribution in [2.24, 2.45) is 10.2 Å². The molecule has 2 heterocycles. The molecule has 0 aliphatic heterocycles. The van der Waals surface area contributed by atoms with E-state index in [-0.39, 0.29) is 11.4 Å². The number of aromatic hydroxyl groups is 1. The molecule has 0 spiro atoms. The van der Waals surface area contributed by atoms with E-state index in [4.69, 9.17) is 0 Å². The number of fused-ring (bicyclic) bond motifs is 2. The molecule has 0 saturated heterocycles. The third-order valence-corrected chi connectivity index (χ3v) is 4.35. The molecule has 0 amide bonds. The Morgan fingerprint density at radius 3 is 2.68 bits per heavy atom. The number of imidazole rings is 1. The van der Waals surface area contributed by atoms with Gasteiger partial charge in [0.2, 0.25) is 0 Å². The van der Waals surface area contributed by atoms with Crippen molar-refractivity contribution in [1.29, 1.82) is 0 Å². The summed E-state index contributed by atoms with van der Waals surface area (Å²) in [5.41, 5.74) is 1.72. The maximum absolute atomic E-state index is 11.2. The van der Waals surface area contributed by atoms with Gasteiger partial charge in [0.15, 0.2) is 10.8 Å². The minimum Gasteiger partial charge on any atom is -0.504 e. The second-order valence-electron chi connectivity index (χ2n) is 4.76. The summed E-state index contributed by atoms with van der Waals surface area (Å²) in [7, 11) is 0. The lowest BCUT2D eigenvalue weighted by Crippen LogP contribution is -1.99. The van der Waals surface area contributed by atoms with Crippen LogP contribution < -0.4 is 5.69 Å². The minimum absolute atomic E-state index is 0.139. The summed E-state index contributed by atoms with van der Waals surface area (Å²) in [6, 6.07) is 12.8. The van der Waals surface area contributed by atoms with Crippen molar-refractivity contribution in [2.45, 2.75) is 0 Å². The van der Waals surface area contributed by atoms with E-state index in [0.29, 0.717) is 21.7 Å². The summed E-state index contributed by atoms with van der Waals surface area (Å²) in [6.07, 6.45) is 0. The van der Waals surface area contributed by atoms with Crippen molar-refractivity contribution in [3.8, 4) is 5.75 Å². The van der Waals surface area contributed by atoms with Crippen molar-refractivity contribution >= 4 is 43.1 Å². The topological polar surface area (TPSA) is 93.6 Å². The van der Waals surface area contributed by atoms with Gasteiger partial charge in [-0.05, 0) is 30.3 Å². The van der Waals surface area contributed by atoms with Crippen LogP contribution in [-0.4, -0.2) is 15.1 Å². The van der Waals surface area contributed by atoms with Crippen LogP contribution in [0, 0.1) is 0 Å². The molecule has 0 bridgehead atoms. The van der Waals surface area contributed by atoms with Crippen molar-refractivity contribution in [1.82, 2.24) is 9.97 Å². The minimum atomic E-state index is -0.258. The van der Waals surface area contributed by atoms with E-state index in [1.807, 2.05) is 24.3 Å². The number of hydrogen-bond donors (Lipinski definition) is 3. The molecule has 0 saturated carbocycles. The van der Waals surface area contributed by atoms with Gasteiger partial charge in [-0.25, -0.2) is 4.79 Å². The highest BCUT2D eigenvalue weighted by atomic mass is 32.1. The number of thiophene rings is 1. The summed E-state index contributed by atoms with van der Waals surface area (Å²) in [6.45, 7) is 0. The summed E-state index contributed by atoms with van der Waals surface area (Å²) in [5.74, 6) is 0.139. The van der Waals surface area contributed by atoms with Gasteiger partial charge in [0.1, 0.15) is 0 Å². The molecular formula is C15H10N4O2S. The number of azo groups is 1. The number of aromatic nitrogens is 2. The summed E-state index contributed by atoms with van der Waals surface area (Å²) in [4.78, 5) is 16.6. The Morgan fingerprint density at radius 2 is 1.82 bits per heavy atom. The van der Waals surface area contributed by atoms with Crippen molar-refractivity contribution < 1.29 is 5.11 Å². The molecule has 3 N–H and O–H groups in total. The molecule has 0 aliphatic carbocycles. The average molecular weight is 310 g/mol. The van der Waals surface area contributed by atoms with Crippen molar-refractivity contribution in [2.75, 3.05) is 0 Å². The molecule has 22 heavy (non-hydrogen) atoms. The third-order valence-electron chi connectivity index (χ3n) is 3.31. The van der Waals surface area contributed by atoms with E-state index in [1.54, 1.807) is 18.2 Å². The molecule has 0 aliphatic rings. The Kier molecular flexibility index (Phi) is 2.80. The lowest BCUT2D eigenvalue weighted by Gasteiger charge is -1.93. The molecule has 0 fully saturated rings. The highest BCUT2D eigenvalue weighted by Crippen LogP contribution is 2.43. The monoisotopic (exact) mass is 310 g/mol. The Bertz CT molecular complexity index is 1070. The van der Waals surface area contributed by atoms with Crippen molar-refractivity contribution in [3.63, 3.8) is 0 Å². The second-order valence-corrected chi connectivity index (χ2v) is 5.79. The summed E-state index contributed by atoms with van der Waals surface area (Å²) < 4.78 is 0.958. The van der Waals surface area contributed by atoms with Crippen LogP contribution in [-0.2, 0) is 0 Å². The van der Waals surface area contributed by atoms with Crippen LogP contribution >= 0.6 is 11.3 Å². The molecule has 7 heteroatoms. The normalized spacial score (nSPS) is 11.8. The van der Waals surface area contributed by atoms with Crippen LogP contribution in [0.15, 0.2) is 57.5 Å². The molecule has 4 aromatic rings. The lowest BCUT2D eigenvalue weighted by atomic mass is 10.2. The smallest absolute Gasteiger partial charge is 0.323 e. The van der Waals surface area contributed by atoms with Crippen LogP contribution in [0.5, 0.6) is 5.75 Å². The zero-order chi connectivity index (χ0) is 15.1. The molecule has 2 aromatic carbocycles. The Labute approximate surface area is 127 Å². The number of H-pyrrole nitrogens is 2. The van der Waals surface area contributed by atoms with Gasteiger partial charge in [-0.3, -0.25) is 0 Å². The molecule has 0 unspecified atom stereocenters. The first-order chi connectivity index (χ1) is 10.7. The van der Waals surface area contributed by atoms with Crippen LogP contribution in [0.2, 0.25) is 0 Å². The molecule has 6 nitrogen and oxygen atoms in total. The van der Waals surface area contributed by atoms with Gasteiger partial charge in [-0.1, -0.05) is 12.1 Å². The van der Waals surface area contributed by atoms with E-state index in [2.05, 4.69) is 20.2 Å². The molecule has 0 atom stereocenters. The van der Waals surface area contributed by atoms with Crippen LogP contribution in [0.25, 0.3) is 21.1 Å². The molecule has 4 rings (SSSR count). The maximum Gasteiger partial charge on any atom is 0.323 e. The van der Waals surface area contributed by atoms with Gasteiger partial charge in [0.25, 0.3) is 0 Å². The number of hydrogen-bond acceptors (Lipinski definition) is 5. The standard InChI is InChI=1S/C15H10N4O2S/c20-13-9-3-1-2-4-12(9)22-14(13)19-18-8-5-6-10-11(7-8)17-15(21)16-10/h1-7,20H,(H2,16,17,21).